The molecule has 1 heterocycles. The van der Waals surface area contributed by atoms with E-state index in [1.54, 1.807) is 7.05 Å². The van der Waals surface area contributed by atoms with Gasteiger partial charge in [-0.15, -0.1) is 0 Å². The van der Waals surface area contributed by atoms with Crippen molar-refractivity contribution in [2.45, 2.75) is 0 Å². The van der Waals surface area contributed by atoms with Gasteiger partial charge in [0.1, 0.15) is 6.61 Å². The van der Waals surface area contributed by atoms with Crippen LogP contribution in [0.25, 0.3) is 0 Å². The molecular weight excluding hydrogens is 118 g/mol. The summed E-state index contributed by atoms with van der Waals surface area (Å²) in [6.45, 7) is 5.88. The first kappa shape index (κ1) is 6.29. The van der Waals surface area contributed by atoms with E-state index in [1.165, 1.54) is 4.90 Å². The summed E-state index contributed by atoms with van der Waals surface area (Å²) < 4.78 is 4.81. The number of nitrogens with zero attached hydrogens (tertiary/aromatic N) is 1. The molecule has 0 unspecified atom stereocenters. The van der Waals surface area contributed by atoms with Crippen LogP contribution in [0.3, 0.4) is 0 Å². The van der Waals surface area contributed by atoms with Gasteiger partial charge in [0, 0.05) is 12.7 Å². The van der Waals surface area contributed by atoms with Gasteiger partial charge in [0.05, 0.1) is 6.61 Å². The molecule has 3 heteroatoms. The summed E-state index contributed by atoms with van der Waals surface area (Å²) in [5, 5.41) is 0. The number of likely N-dealkylation sites (N-methyl/N-ethyl adjacent to an activating group) is 1. The number of hydrogen-bond donors (Lipinski definition) is 0. The number of ether oxygens (including phenoxy) is 1. The molecule has 9 heavy (non-hydrogen) atoms. The zero-order valence-electron chi connectivity index (χ0n) is 5.26. The Morgan fingerprint density at radius 1 is 1.67 bits per heavy atom. The molecule has 0 N–H and O–H groups in total. The minimum Gasteiger partial charge on any atom is -0.365 e. The third-order valence-corrected chi connectivity index (χ3v) is 1.28. The first-order valence-electron chi connectivity index (χ1n) is 2.67. The number of morpholine rings is 1. The van der Waals surface area contributed by atoms with Gasteiger partial charge in [-0.05, 0) is 6.58 Å². The number of hydrogen-bond acceptors (Lipinski definition) is 2. The summed E-state index contributed by atoms with van der Waals surface area (Å²) in [4.78, 5) is 12.1. The van der Waals surface area contributed by atoms with Crippen LogP contribution < -0.4 is 0 Å². The molecule has 0 atom stereocenters. The molecule has 0 spiro atoms. The van der Waals surface area contributed by atoms with Crippen molar-refractivity contribution >= 4 is 5.91 Å². The van der Waals surface area contributed by atoms with Crippen LogP contribution in [0, 0.1) is 6.58 Å². The van der Waals surface area contributed by atoms with Gasteiger partial charge in [0.15, 0.2) is 0 Å². The Labute approximate surface area is 53.9 Å². The van der Waals surface area contributed by atoms with Crippen molar-refractivity contribution < 1.29 is 9.53 Å². The Bertz CT molecular complexity index is 137. The van der Waals surface area contributed by atoms with Crippen molar-refractivity contribution in [2.24, 2.45) is 0 Å². The standard InChI is InChI=1S/C6H8NO2/c1-5-3-9-4-6(8)7(5)2/h1H,3-4H2,2H3. The van der Waals surface area contributed by atoms with Crippen molar-refractivity contribution in [3.05, 3.63) is 12.3 Å². The van der Waals surface area contributed by atoms with Crippen LogP contribution in [0.5, 0.6) is 0 Å². The predicted octanol–water partition coefficient (Wildman–Crippen LogP) is -0.208. The van der Waals surface area contributed by atoms with Gasteiger partial charge in [-0.2, -0.15) is 0 Å². The molecule has 0 aromatic rings. The molecule has 1 radical (unpaired) electrons. The molecule has 0 aromatic carbocycles. The smallest absolute Gasteiger partial charge is 0.252 e. The molecule has 49 valence electrons. The van der Waals surface area contributed by atoms with Crippen LogP contribution >= 0.6 is 0 Å². The predicted molar refractivity (Wildman–Crippen MR) is 31.4 cm³/mol. The van der Waals surface area contributed by atoms with E-state index in [2.05, 4.69) is 0 Å². The van der Waals surface area contributed by atoms with E-state index in [0.29, 0.717) is 12.3 Å². The van der Waals surface area contributed by atoms with Crippen molar-refractivity contribution in [2.75, 3.05) is 20.3 Å². The maximum Gasteiger partial charge on any atom is 0.252 e. The maximum atomic E-state index is 10.7. The van der Waals surface area contributed by atoms with E-state index in [1.807, 2.05) is 0 Å². The lowest BCUT2D eigenvalue weighted by molar-refractivity contribution is -0.137. The number of amides is 1. The van der Waals surface area contributed by atoms with Crippen LogP contribution in [-0.4, -0.2) is 31.1 Å². The molecule has 1 rings (SSSR count). The fourth-order valence-electron chi connectivity index (χ4n) is 0.597. The molecule has 1 fully saturated rings. The van der Waals surface area contributed by atoms with Gasteiger partial charge in [-0.25, -0.2) is 0 Å². The van der Waals surface area contributed by atoms with Crippen molar-refractivity contribution in [3.63, 3.8) is 0 Å². The van der Waals surface area contributed by atoms with E-state index in [0.717, 1.165) is 0 Å². The van der Waals surface area contributed by atoms with Gasteiger partial charge in [0.2, 0.25) is 0 Å². The number of carbonyl (C=O) groups is 1. The summed E-state index contributed by atoms with van der Waals surface area (Å²) in [5.41, 5.74) is 0.478. The quantitative estimate of drug-likeness (QED) is 0.449. The van der Waals surface area contributed by atoms with Crippen LogP contribution in [0.2, 0.25) is 0 Å². The fourth-order valence-corrected chi connectivity index (χ4v) is 0.597. The van der Waals surface area contributed by atoms with Gasteiger partial charge in [0.25, 0.3) is 5.91 Å². The molecule has 0 aromatic heterocycles. The van der Waals surface area contributed by atoms with Gasteiger partial charge in [-0.3, -0.25) is 4.79 Å². The Balaban J connectivity index is 2.62. The minimum absolute atomic E-state index is 0.0845. The highest BCUT2D eigenvalue weighted by Crippen LogP contribution is 2.04. The molecule has 3 nitrogen and oxygen atoms in total. The lowest BCUT2D eigenvalue weighted by Gasteiger charge is -2.23. The highest BCUT2D eigenvalue weighted by molar-refractivity contribution is 5.79. The van der Waals surface area contributed by atoms with Crippen molar-refractivity contribution in [1.29, 1.82) is 0 Å². The normalized spacial score (nSPS) is 20.8. The SMILES string of the molecule is [CH]=C1COCC(=O)N1C. The second-order valence-electron chi connectivity index (χ2n) is 1.94. The third kappa shape index (κ3) is 1.10. The first-order chi connectivity index (χ1) is 4.22. The summed E-state index contributed by atoms with van der Waals surface area (Å²) >= 11 is 0. The number of carbonyl (C=O) groups excluding carboxylic acids is 1. The molecule has 0 aliphatic carbocycles. The Morgan fingerprint density at radius 3 is 2.78 bits per heavy atom. The van der Waals surface area contributed by atoms with Crippen LogP contribution in [-0.2, 0) is 9.53 Å². The summed E-state index contributed by atoms with van der Waals surface area (Å²) in [5.74, 6) is -0.0845. The highest BCUT2D eigenvalue weighted by Gasteiger charge is 2.17. The zero-order valence-corrected chi connectivity index (χ0v) is 5.26. The molecule has 1 aliphatic rings. The lowest BCUT2D eigenvalue weighted by atomic mass is 10.4. The summed E-state index contributed by atoms with van der Waals surface area (Å²) in [7, 11) is 1.64. The Morgan fingerprint density at radius 2 is 2.33 bits per heavy atom. The molecular formula is C6H8NO2. The summed E-state index contributed by atoms with van der Waals surface area (Å²) in [6, 6.07) is 0. The molecule has 0 saturated carbocycles. The van der Waals surface area contributed by atoms with Gasteiger partial charge < -0.3 is 9.64 Å². The second kappa shape index (κ2) is 2.19. The largest absolute Gasteiger partial charge is 0.365 e. The van der Waals surface area contributed by atoms with E-state index >= 15 is 0 Å². The third-order valence-electron chi connectivity index (χ3n) is 1.28. The fraction of sp³-hybridized carbons (Fsp3) is 0.500. The van der Waals surface area contributed by atoms with E-state index < -0.39 is 0 Å². The molecule has 1 amide bonds. The second-order valence-corrected chi connectivity index (χ2v) is 1.94. The first-order valence-corrected chi connectivity index (χ1v) is 2.67. The van der Waals surface area contributed by atoms with Crippen LogP contribution in [0.15, 0.2) is 5.70 Å². The average Bonchev–Trinajstić information content (AvgIpc) is 1.83. The van der Waals surface area contributed by atoms with E-state index in [4.69, 9.17) is 11.3 Å². The van der Waals surface area contributed by atoms with Crippen LogP contribution in [0.4, 0.5) is 0 Å². The van der Waals surface area contributed by atoms with E-state index in [9.17, 15) is 4.79 Å². The minimum atomic E-state index is -0.0845. The topological polar surface area (TPSA) is 29.5 Å². The highest BCUT2D eigenvalue weighted by atomic mass is 16.5. The lowest BCUT2D eigenvalue weighted by Crippen LogP contribution is -2.36. The maximum absolute atomic E-state index is 10.7. The molecule has 1 aliphatic heterocycles. The average molecular weight is 126 g/mol. The number of rotatable bonds is 0. The van der Waals surface area contributed by atoms with Crippen molar-refractivity contribution in [3.8, 4) is 0 Å². The van der Waals surface area contributed by atoms with Gasteiger partial charge in [-0.1, -0.05) is 0 Å². The molecule has 0 bridgehead atoms. The summed E-state index contributed by atoms with van der Waals surface area (Å²) in [6.07, 6.45) is 0. The van der Waals surface area contributed by atoms with Gasteiger partial charge >= 0.3 is 0 Å². The van der Waals surface area contributed by atoms with E-state index in [-0.39, 0.29) is 12.5 Å². The van der Waals surface area contributed by atoms with Crippen molar-refractivity contribution in [1.82, 2.24) is 4.90 Å². The molecule has 1 saturated heterocycles. The zero-order chi connectivity index (χ0) is 6.85. The monoisotopic (exact) mass is 126 g/mol. The Hall–Kier alpha value is -0.830. The van der Waals surface area contributed by atoms with Crippen LogP contribution in [0.1, 0.15) is 0 Å². The Kier molecular flexibility index (Phi) is 1.53.